The quantitative estimate of drug-likeness (QED) is 0.902. The number of nitrogens with zero attached hydrogens (tertiary/aromatic N) is 2. The molecule has 1 N–H and O–H groups in total. The van der Waals surface area contributed by atoms with Crippen LogP contribution in [0.3, 0.4) is 0 Å². The van der Waals surface area contributed by atoms with Crippen molar-refractivity contribution in [2.75, 3.05) is 7.05 Å². The normalized spacial score (nSPS) is 21.3. The van der Waals surface area contributed by atoms with Gasteiger partial charge in [-0.1, -0.05) is 43.0 Å². The van der Waals surface area contributed by atoms with E-state index < -0.39 is 0 Å². The van der Waals surface area contributed by atoms with Crippen molar-refractivity contribution in [2.24, 2.45) is 0 Å². The number of aromatic nitrogens is 1. The molecule has 1 saturated heterocycles. The van der Waals surface area contributed by atoms with E-state index in [1.807, 2.05) is 18.1 Å². The molecular formula is C20H23N3. The molecule has 3 rings (SSSR count). The predicted octanol–water partition coefficient (Wildman–Crippen LogP) is 4.18. The molecule has 0 saturated carbocycles. The van der Waals surface area contributed by atoms with E-state index in [0.29, 0.717) is 0 Å². The van der Waals surface area contributed by atoms with Crippen LogP contribution >= 0.6 is 0 Å². The average Bonchev–Trinajstić information content (AvgIpc) is 2.53. The SMILES string of the molecule is C=C1C[C@@](C)(c2cc(-c3cccc(C)c3)ccn2)NC(=C)N1C. The Labute approximate surface area is 138 Å². The van der Waals surface area contributed by atoms with Crippen molar-refractivity contribution in [1.29, 1.82) is 0 Å². The van der Waals surface area contributed by atoms with E-state index in [9.17, 15) is 0 Å². The number of hydrogen-bond acceptors (Lipinski definition) is 3. The van der Waals surface area contributed by atoms with Gasteiger partial charge in [-0.05, 0) is 37.1 Å². The van der Waals surface area contributed by atoms with Gasteiger partial charge in [0.15, 0.2) is 0 Å². The molecule has 1 aromatic carbocycles. The minimum absolute atomic E-state index is 0.291. The summed E-state index contributed by atoms with van der Waals surface area (Å²) in [5.41, 5.74) is 5.40. The van der Waals surface area contributed by atoms with Gasteiger partial charge in [-0.2, -0.15) is 0 Å². The topological polar surface area (TPSA) is 28.2 Å². The molecule has 0 spiro atoms. The Morgan fingerprint density at radius 1 is 1.17 bits per heavy atom. The fourth-order valence-electron chi connectivity index (χ4n) is 3.06. The van der Waals surface area contributed by atoms with Crippen LogP contribution in [0.25, 0.3) is 11.1 Å². The fraction of sp³-hybridized carbons (Fsp3) is 0.250. The molecule has 0 aliphatic carbocycles. The van der Waals surface area contributed by atoms with Crippen molar-refractivity contribution in [3.63, 3.8) is 0 Å². The summed E-state index contributed by atoms with van der Waals surface area (Å²) in [4.78, 5) is 6.61. The van der Waals surface area contributed by atoms with Gasteiger partial charge in [-0.25, -0.2) is 0 Å². The van der Waals surface area contributed by atoms with Crippen molar-refractivity contribution >= 4 is 0 Å². The first kappa shape index (κ1) is 15.3. The first-order valence-corrected chi connectivity index (χ1v) is 7.81. The average molecular weight is 305 g/mol. The van der Waals surface area contributed by atoms with Gasteiger partial charge in [0.1, 0.15) is 0 Å². The lowest BCUT2D eigenvalue weighted by Gasteiger charge is -2.42. The lowest BCUT2D eigenvalue weighted by atomic mass is 9.88. The van der Waals surface area contributed by atoms with Gasteiger partial charge < -0.3 is 10.2 Å². The third-order valence-corrected chi connectivity index (χ3v) is 4.53. The Morgan fingerprint density at radius 2 is 1.91 bits per heavy atom. The van der Waals surface area contributed by atoms with E-state index in [-0.39, 0.29) is 5.54 Å². The van der Waals surface area contributed by atoms with E-state index in [1.165, 1.54) is 16.7 Å². The van der Waals surface area contributed by atoms with E-state index in [4.69, 9.17) is 0 Å². The van der Waals surface area contributed by atoms with Gasteiger partial charge in [-0.15, -0.1) is 0 Å². The summed E-state index contributed by atoms with van der Waals surface area (Å²) in [6, 6.07) is 12.7. The highest BCUT2D eigenvalue weighted by Crippen LogP contribution is 2.35. The molecule has 0 amide bonds. The lowest BCUT2D eigenvalue weighted by Crippen LogP contribution is -2.49. The highest BCUT2D eigenvalue weighted by atomic mass is 15.3. The van der Waals surface area contributed by atoms with Crippen LogP contribution in [0.2, 0.25) is 0 Å². The van der Waals surface area contributed by atoms with Gasteiger partial charge in [0.2, 0.25) is 0 Å². The smallest absolute Gasteiger partial charge is 0.0986 e. The number of pyridine rings is 1. The Morgan fingerprint density at radius 3 is 2.61 bits per heavy atom. The molecule has 118 valence electrons. The predicted molar refractivity (Wildman–Crippen MR) is 95.6 cm³/mol. The van der Waals surface area contributed by atoms with Crippen LogP contribution in [0.4, 0.5) is 0 Å². The van der Waals surface area contributed by atoms with Crippen molar-refractivity contribution in [2.45, 2.75) is 25.8 Å². The maximum absolute atomic E-state index is 4.61. The molecule has 1 aliphatic rings. The Kier molecular flexibility index (Phi) is 3.72. The van der Waals surface area contributed by atoms with Crippen LogP contribution < -0.4 is 5.32 Å². The van der Waals surface area contributed by atoms with Gasteiger partial charge >= 0.3 is 0 Å². The summed E-state index contributed by atoms with van der Waals surface area (Å²) < 4.78 is 0. The molecule has 1 fully saturated rings. The molecule has 0 radical (unpaired) electrons. The van der Waals surface area contributed by atoms with E-state index in [1.54, 1.807) is 0 Å². The molecule has 0 unspecified atom stereocenters. The fourth-order valence-corrected chi connectivity index (χ4v) is 3.06. The minimum atomic E-state index is -0.291. The molecule has 1 atom stereocenters. The largest absolute Gasteiger partial charge is 0.361 e. The molecule has 3 nitrogen and oxygen atoms in total. The summed E-state index contributed by atoms with van der Waals surface area (Å²) in [7, 11) is 1.98. The summed E-state index contributed by atoms with van der Waals surface area (Å²) in [5.74, 6) is 0.853. The standard InChI is InChI=1S/C20H23N3/c1-14-7-6-8-17(11-14)18-9-10-21-19(12-18)20(4)13-15(2)23(5)16(3)22-20/h6-12,22H,2-3,13H2,1,4-5H3/t20-/m0/s1. The summed E-state index contributed by atoms with van der Waals surface area (Å²) in [5, 5.41) is 3.49. The Hall–Kier alpha value is -2.55. The van der Waals surface area contributed by atoms with Crippen LogP contribution in [0, 0.1) is 6.92 Å². The third-order valence-electron chi connectivity index (χ3n) is 4.53. The van der Waals surface area contributed by atoms with Crippen LogP contribution in [-0.4, -0.2) is 16.9 Å². The monoisotopic (exact) mass is 305 g/mol. The molecule has 1 aromatic heterocycles. The summed E-state index contributed by atoms with van der Waals surface area (Å²) in [6.07, 6.45) is 2.68. The van der Waals surface area contributed by atoms with Crippen molar-refractivity contribution in [3.8, 4) is 11.1 Å². The number of hydrogen-bond donors (Lipinski definition) is 1. The summed E-state index contributed by atoms with van der Waals surface area (Å²) in [6.45, 7) is 12.5. The van der Waals surface area contributed by atoms with Gasteiger partial charge in [0, 0.05) is 25.4 Å². The molecule has 23 heavy (non-hydrogen) atoms. The molecule has 3 heteroatoms. The zero-order valence-electron chi connectivity index (χ0n) is 14.1. The molecule has 0 bridgehead atoms. The van der Waals surface area contributed by atoms with Crippen LogP contribution in [0.5, 0.6) is 0 Å². The molecule has 2 aromatic rings. The van der Waals surface area contributed by atoms with Crippen LogP contribution in [0.15, 0.2) is 67.3 Å². The number of benzene rings is 1. The second kappa shape index (κ2) is 5.58. The van der Waals surface area contributed by atoms with E-state index in [0.717, 1.165) is 23.6 Å². The second-order valence-electron chi connectivity index (χ2n) is 6.51. The maximum atomic E-state index is 4.61. The van der Waals surface area contributed by atoms with Crippen LogP contribution in [-0.2, 0) is 5.54 Å². The lowest BCUT2D eigenvalue weighted by molar-refractivity contribution is 0.263. The van der Waals surface area contributed by atoms with Gasteiger partial charge in [0.25, 0.3) is 0 Å². The number of rotatable bonds is 2. The highest BCUT2D eigenvalue weighted by molar-refractivity contribution is 5.64. The minimum Gasteiger partial charge on any atom is -0.361 e. The van der Waals surface area contributed by atoms with Crippen molar-refractivity contribution in [1.82, 2.24) is 15.2 Å². The molecular weight excluding hydrogens is 282 g/mol. The van der Waals surface area contributed by atoms with Crippen molar-refractivity contribution in [3.05, 3.63) is 78.5 Å². The third kappa shape index (κ3) is 2.87. The zero-order valence-corrected chi connectivity index (χ0v) is 14.1. The van der Waals surface area contributed by atoms with E-state index >= 15 is 0 Å². The number of aryl methyl sites for hydroxylation is 1. The highest BCUT2D eigenvalue weighted by Gasteiger charge is 2.35. The van der Waals surface area contributed by atoms with Gasteiger partial charge in [0.05, 0.1) is 17.1 Å². The van der Waals surface area contributed by atoms with Crippen molar-refractivity contribution < 1.29 is 0 Å². The second-order valence-corrected chi connectivity index (χ2v) is 6.51. The maximum Gasteiger partial charge on any atom is 0.0986 e. The Bertz CT molecular complexity index is 758. The molecule has 2 heterocycles. The first-order valence-electron chi connectivity index (χ1n) is 7.81. The Balaban J connectivity index is 1.99. The first-order chi connectivity index (χ1) is 10.9. The zero-order chi connectivity index (χ0) is 16.6. The van der Waals surface area contributed by atoms with Gasteiger partial charge in [-0.3, -0.25) is 4.98 Å². The van der Waals surface area contributed by atoms with E-state index in [2.05, 4.69) is 73.7 Å². The molecule has 1 aliphatic heterocycles. The summed E-state index contributed by atoms with van der Waals surface area (Å²) >= 11 is 0. The van der Waals surface area contributed by atoms with Crippen LogP contribution in [0.1, 0.15) is 24.6 Å². The number of nitrogens with one attached hydrogen (secondary N) is 1.